The zero-order valence-corrected chi connectivity index (χ0v) is 13.8. The van der Waals surface area contributed by atoms with Crippen LogP contribution in [-0.4, -0.2) is 16.5 Å². The van der Waals surface area contributed by atoms with E-state index in [-0.39, 0.29) is 5.56 Å². The van der Waals surface area contributed by atoms with E-state index in [1.54, 1.807) is 0 Å². The van der Waals surface area contributed by atoms with E-state index in [0.717, 1.165) is 29.8 Å². The highest BCUT2D eigenvalue weighted by Gasteiger charge is 2.08. The molecule has 1 heterocycles. The highest BCUT2D eigenvalue weighted by molar-refractivity contribution is 5.33. The molecule has 0 saturated heterocycles. The summed E-state index contributed by atoms with van der Waals surface area (Å²) in [6.07, 6.45) is 1.48. The monoisotopic (exact) mass is 319 g/mol. The molecule has 1 aromatic heterocycles. The van der Waals surface area contributed by atoms with Crippen molar-refractivity contribution in [2.24, 2.45) is 0 Å². The molecule has 0 atom stereocenters. The molecule has 4 heteroatoms. The van der Waals surface area contributed by atoms with E-state index in [0.29, 0.717) is 12.4 Å². The fraction of sp³-hybridized carbons (Fsp3) is 0.200. The molecule has 4 nitrogen and oxygen atoms in total. The Hall–Kier alpha value is -2.88. The van der Waals surface area contributed by atoms with Crippen LogP contribution in [0.3, 0.4) is 0 Å². The normalized spacial score (nSPS) is 10.5. The largest absolute Gasteiger partial charge is 0.355 e. The molecule has 24 heavy (non-hydrogen) atoms. The van der Waals surface area contributed by atoms with Crippen LogP contribution in [0.25, 0.3) is 0 Å². The van der Waals surface area contributed by atoms with E-state index in [9.17, 15) is 4.79 Å². The quantitative estimate of drug-likeness (QED) is 0.733. The maximum Gasteiger partial charge on any atom is 0.256 e. The highest BCUT2D eigenvalue weighted by Crippen LogP contribution is 2.10. The third-order valence-electron chi connectivity index (χ3n) is 3.99. The first-order valence-corrected chi connectivity index (χ1v) is 8.14. The molecule has 2 aromatic carbocycles. The lowest BCUT2D eigenvalue weighted by Gasteiger charge is -2.09. The van der Waals surface area contributed by atoms with Gasteiger partial charge in [-0.1, -0.05) is 60.7 Å². The van der Waals surface area contributed by atoms with Crippen molar-refractivity contribution in [1.82, 2.24) is 9.97 Å². The number of nitrogens with zero attached hydrogens (tertiary/aromatic N) is 1. The first-order chi connectivity index (χ1) is 11.7. The second-order valence-corrected chi connectivity index (χ2v) is 5.80. The predicted molar refractivity (Wildman–Crippen MR) is 97.5 cm³/mol. The Kier molecular flexibility index (Phi) is 5.06. The Balaban J connectivity index is 1.67. The van der Waals surface area contributed by atoms with Gasteiger partial charge < -0.3 is 5.32 Å². The lowest BCUT2D eigenvalue weighted by molar-refractivity contribution is 0.938. The SMILES string of the molecule is Cc1nc(NCCc2ccccc2)[nH]c(=O)c1Cc1ccccc1. The fourth-order valence-electron chi connectivity index (χ4n) is 2.67. The summed E-state index contributed by atoms with van der Waals surface area (Å²) in [5.41, 5.74) is 3.77. The van der Waals surface area contributed by atoms with E-state index in [2.05, 4.69) is 27.4 Å². The van der Waals surface area contributed by atoms with Gasteiger partial charge in [-0.3, -0.25) is 9.78 Å². The number of nitrogens with one attached hydrogen (secondary N) is 2. The molecule has 3 rings (SSSR count). The highest BCUT2D eigenvalue weighted by atomic mass is 16.1. The van der Waals surface area contributed by atoms with Gasteiger partial charge in [0.15, 0.2) is 0 Å². The number of anilines is 1. The van der Waals surface area contributed by atoms with Crippen molar-refractivity contribution in [3.05, 3.63) is 93.4 Å². The van der Waals surface area contributed by atoms with Gasteiger partial charge >= 0.3 is 0 Å². The van der Waals surface area contributed by atoms with Gasteiger partial charge in [0.2, 0.25) is 5.95 Å². The Bertz CT molecular complexity index is 842. The molecule has 0 aliphatic carbocycles. The van der Waals surface area contributed by atoms with Crippen LogP contribution in [-0.2, 0) is 12.8 Å². The van der Waals surface area contributed by atoms with E-state index < -0.39 is 0 Å². The Morgan fingerprint density at radius 2 is 1.58 bits per heavy atom. The molecule has 0 aliphatic heterocycles. The minimum absolute atomic E-state index is 0.0754. The van der Waals surface area contributed by atoms with Crippen LogP contribution in [0.4, 0.5) is 5.95 Å². The molecule has 122 valence electrons. The summed E-state index contributed by atoms with van der Waals surface area (Å²) in [4.78, 5) is 19.7. The zero-order valence-electron chi connectivity index (χ0n) is 13.8. The maximum absolute atomic E-state index is 12.4. The van der Waals surface area contributed by atoms with Gasteiger partial charge in [0.25, 0.3) is 5.56 Å². The van der Waals surface area contributed by atoms with Gasteiger partial charge in [-0.15, -0.1) is 0 Å². The number of hydrogen-bond donors (Lipinski definition) is 2. The number of rotatable bonds is 6. The maximum atomic E-state index is 12.4. The zero-order chi connectivity index (χ0) is 16.8. The van der Waals surface area contributed by atoms with Crippen molar-refractivity contribution in [3.8, 4) is 0 Å². The summed E-state index contributed by atoms with van der Waals surface area (Å²) < 4.78 is 0. The van der Waals surface area contributed by atoms with Crippen LogP contribution >= 0.6 is 0 Å². The lowest BCUT2D eigenvalue weighted by atomic mass is 10.1. The molecule has 0 aliphatic rings. The van der Waals surface area contributed by atoms with E-state index in [1.165, 1.54) is 5.56 Å². The van der Waals surface area contributed by atoms with Crippen LogP contribution < -0.4 is 10.9 Å². The van der Waals surface area contributed by atoms with Gasteiger partial charge in [0.1, 0.15) is 0 Å². The van der Waals surface area contributed by atoms with Crippen molar-refractivity contribution in [2.75, 3.05) is 11.9 Å². The Morgan fingerprint density at radius 3 is 2.21 bits per heavy atom. The van der Waals surface area contributed by atoms with Gasteiger partial charge in [-0.25, -0.2) is 4.98 Å². The first kappa shape index (κ1) is 16.0. The summed E-state index contributed by atoms with van der Waals surface area (Å²) in [5.74, 6) is 0.533. The average Bonchev–Trinajstić information content (AvgIpc) is 2.60. The number of H-pyrrole nitrogens is 1. The standard InChI is InChI=1S/C20H21N3O/c1-15-18(14-17-10-6-3-7-11-17)19(24)23-20(22-15)21-13-12-16-8-4-2-5-9-16/h2-11H,12-14H2,1H3,(H2,21,22,23,24). The molecular formula is C20H21N3O. The second-order valence-electron chi connectivity index (χ2n) is 5.80. The topological polar surface area (TPSA) is 57.8 Å². The minimum Gasteiger partial charge on any atom is -0.355 e. The van der Waals surface area contributed by atoms with E-state index in [1.807, 2.05) is 55.5 Å². The van der Waals surface area contributed by atoms with Crippen LogP contribution in [0.2, 0.25) is 0 Å². The van der Waals surface area contributed by atoms with Crippen molar-refractivity contribution in [1.29, 1.82) is 0 Å². The number of aromatic amines is 1. The number of aryl methyl sites for hydroxylation is 1. The van der Waals surface area contributed by atoms with Crippen LogP contribution in [0.1, 0.15) is 22.4 Å². The molecule has 0 spiro atoms. The van der Waals surface area contributed by atoms with Crippen LogP contribution in [0, 0.1) is 6.92 Å². The van der Waals surface area contributed by atoms with Crippen molar-refractivity contribution in [2.45, 2.75) is 19.8 Å². The van der Waals surface area contributed by atoms with Crippen LogP contribution in [0.5, 0.6) is 0 Å². The number of aromatic nitrogens is 2. The third-order valence-corrected chi connectivity index (χ3v) is 3.99. The molecule has 0 saturated carbocycles. The van der Waals surface area contributed by atoms with Gasteiger partial charge in [-0.2, -0.15) is 0 Å². The molecule has 0 radical (unpaired) electrons. The molecule has 0 unspecified atom stereocenters. The summed E-state index contributed by atoms with van der Waals surface area (Å²) >= 11 is 0. The van der Waals surface area contributed by atoms with E-state index in [4.69, 9.17) is 0 Å². The number of hydrogen-bond acceptors (Lipinski definition) is 3. The van der Waals surface area contributed by atoms with Crippen molar-refractivity contribution in [3.63, 3.8) is 0 Å². The summed E-state index contributed by atoms with van der Waals surface area (Å²) in [6.45, 7) is 2.61. The summed E-state index contributed by atoms with van der Waals surface area (Å²) in [7, 11) is 0. The van der Waals surface area contributed by atoms with Crippen LogP contribution in [0.15, 0.2) is 65.5 Å². The fourth-order valence-corrected chi connectivity index (χ4v) is 2.67. The molecule has 2 N–H and O–H groups in total. The molecule has 0 bridgehead atoms. The van der Waals surface area contributed by atoms with Crippen molar-refractivity contribution >= 4 is 5.95 Å². The van der Waals surface area contributed by atoms with Gasteiger partial charge in [0, 0.05) is 18.5 Å². The number of benzene rings is 2. The summed E-state index contributed by atoms with van der Waals surface area (Å²) in [6, 6.07) is 20.2. The smallest absolute Gasteiger partial charge is 0.256 e. The summed E-state index contributed by atoms with van der Waals surface area (Å²) in [5, 5.41) is 3.20. The molecule has 0 amide bonds. The first-order valence-electron chi connectivity index (χ1n) is 8.14. The average molecular weight is 319 g/mol. The second kappa shape index (κ2) is 7.59. The lowest BCUT2D eigenvalue weighted by Crippen LogP contribution is -2.20. The molecule has 3 aromatic rings. The van der Waals surface area contributed by atoms with Crippen molar-refractivity contribution < 1.29 is 0 Å². The minimum atomic E-state index is -0.0754. The third kappa shape index (κ3) is 4.10. The molecule has 0 fully saturated rings. The van der Waals surface area contributed by atoms with Gasteiger partial charge in [-0.05, 0) is 24.5 Å². The van der Waals surface area contributed by atoms with E-state index >= 15 is 0 Å². The van der Waals surface area contributed by atoms with Gasteiger partial charge in [0.05, 0.1) is 5.69 Å². The molecular weight excluding hydrogens is 298 g/mol. The Morgan fingerprint density at radius 1 is 0.958 bits per heavy atom. The predicted octanol–water partition coefficient (Wildman–Crippen LogP) is 3.32. The Labute approximate surface area is 141 Å².